The molecular formula is C8H8ClNO4S. The zero-order valence-electron chi connectivity index (χ0n) is 7.73. The summed E-state index contributed by atoms with van der Waals surface area (Å²) < 4.78 is 26.8. The maximum atomic E-state index is 11.1. The predicted octanol–water partition coefficient (Wildman–Crippen LogP) is 1.20. The molecule has 0 aliphatic heterocycles. The average molecular weight is 250 g/mol. The molecule has 1 rings (SSSR count). The summed E-state index contributed by atoms with van der Waals surface area (Å²) in [7, 11) is -3.33. The van der Waals surface area contributed by atoms with E-state index in [1.165, 1.54) is 18.2 Å². The number of carbonyl (C=O) groups is 1. The molecule has 2 N–H and O–H groups in total. The van der Waals surface area contributed by atoms with Gasteiger partial charge in [0.15, 0.2) is 15.6 Å². The summed E-state index contributed by atoms with van der Waals surface area (Å²) in [6, 6.07) is 3.73. The third kappa shape index (κ3) is 3.10. The van der Waals surface area contributed by atoms with Gasteiger partial charge in [0.25, 0.3) is 0 Å². The number of amides is 1. The third-order valence-electron chi connectivity index (χ3n) is 1.54. The van der Waals surface area contributed by atoms with Gasteiger partial charge in [-0.05, 0) is 18.2 Å². The van der Waals surface area contributed by atoms with Gasteiger partial charge >= 0.3 is 6.09 Å². The molecule has 0 fully saturated rings. The van der Waals surface area contributed by atoms with Gasteiger partial charge in [0.2, 0.25) is 0 Å². The first-order valence-electron chi connectivity index (χ1n) is 3.77. The number of halogens is 1. The highest BCUT2D eigenvalue weighted by Gasteiger charge is 2.11. The Morgan fingerprint density at radius 1 is 1.47 bits per heavy atom. The molecule has 0 aliphatic rings. The van der Waals surface area contributed by atoms with Gasteiger partial charge in [-0.2, -0.15) is 0 Å². The lowest BCUT2D eigenvalue weighted by molar-refractivity contribution is 0.211. The van der Waals surface area contributed by atoms with Gasteiger partial charge in [0.1, 0.15) is 0 Å². The Labute approximate surface area is 91.7 Å². The van der Waals surface area contributed by atoms with E-state index in [2.05, 4.69) is 4.74 Å². The number of nitrogens with two attached hydrogens (primary N) is 1. The second-order valence-corrected chi connectivity index (χ2v) is 5.21. The summed E-state index contributed by atoms with van der Waals surface area (Å²) in [6.07, 6.45) is 0.0387. The van der Waals surface area contributed by atoms with Gasteiger partial charge < -0.3 is 10.5 Å². The number of hydrogen-bond donors (Lipinski definition) is 1. The van der Waals surface area contributed by atoms with Crippen molar-refractivity contribution >= 4 is 27.5 Å². The van der Waals surface area contributed by atoms with E-state index < -0.39 is 15.9 Å². The summed E-state index contributed by atoms with van der Waals surface area (Å²) in [5.74, 6) is 0.0246. The van der Waals surface area contributed by atoms with Crippen LogP contribution in [0, 0.1) is 0 Å². The number of ether oxygens (including phenoxy) is 1. The largest absolute Gasteiger partial charge is 0.410 e. The number of carbonyl (C=O) groups excluding carboxylic acids is 1. The summed E-state index contributed by atoms with van der Waals surface area (Å²) in [4.78, 5) is 10.5. The molecule has 0 atom stereocenters. The molecular weight excluding hydrogens is 242 g/mol. The Bertz CT molecular complexity index is 497. The van der Waals surface area contributed by atoms with Gasteiger partial charge in [0.05, 0.1) is 9.92 Å². The zero-order valence-corrected chi connectivity index (χ0v) is 9.30. The molecule has 0 heterocycles. The number of sulfone groups is 1. The topological polar surface area (TPSA) is 86.5 Å². The summed E-state index contributed by atoms with van der Waals surface area (Å²) in [5, 5.41) is 0.0109. The lowest BCUT2D eigenvalue weighted by Gasteiger charge is -2.04. The maximum Gasteiger partial charge on any atom is 0.410 e. The van der Waals surface area contributed by atoms with E-state index in [1.807, 2.05) is 0 Å². The van der Waals surface area contributed by atoms with Crippen molar-refractivity contribution in [3.05, 3.63) is 23.2 Å². The van der Waals surface area contributed by atoms with Gasteiger partial charge in [0, 0.05) is 6.26 Å². The minimum absolute atomic E-state index is 0.0109. The summed E-state index contributed by atoms with van der Waals surface area (Å²) in [6.45, 7) is 0. The Hall–Kier alpha value is -1.27. The van der Waals surface area contributed by atoms with Gasteiger partial charge in [-0.3, -0.25) is 0 Å². The normalized spacial score (nSPS) is 11.1. The standard InChI is InChI=1S/C8H8ClNO4S/c1-15(12,13)5-2-3-7(6(9)4-5)14-8(10)11/h2-4H,1H3,(H2,10,11). The molecule has 0 saturated carbocycles. The Balaban J connectivity index is 3.15. The molecule has 0 aromatic heterocycles. The van der Waals surface area contributed by atoms with Crippen LogP contribution in [0.1, 0.15) is 0 Å². The molecule has 0 aliphatic carbocycles. The monoisotopic (exact) mass is 249 g/mol. The molecule has 5 nitrogen and oxygen atoms in total. The number of primary amides is 1. The quantitative estimate of drug-likeness (QED) is 0.853. The Morgan fingerprint density at radius 3 is 2.47 bits per heavy atom. The summed E-state index contributed by atoms with van der Waals surface area (Å²) >= 11 is 5.68. The second-order valence-electron chi connectivity index (χ2n) is 2.79. The first-order chi connectivity index (χ1) is 6.80. The average Bonchev–Trinajstić information content (AvgIpc) is 2.05. The summed E-state index contributed by atoms with van der Waals surface area (Å²) in [5.41, 5.74) is 4.78. The van der Waals surface area contributed by atoms with E-state index in [1.54, 1.807) is 0 Å². The molecule has 0 unspecified atom stereocenters. The van der Waals surface area contributed by atoms with Gasteiger partial charge in [-0.1, -0.05) is 11.6 Å². The van der Waals surface area contributed by atoms with Crippen LogP contribution in [0.15, 0.2) is 23.1 Å². The van der Waals surface area contributed by atoms with Gasteiger partial charge in [-0.25, -0.2) is 13.2 Å². The zero-order chi connectivity index (χ0) is 11.6. The molecule has 15 heavy (non-hydrogen) atoms. The third-order valence-corrected chi connectivity index (χ3v) is 2.95. The number of benzene rings is 1. The van der Waals surface area contributed by atoms with Crippen molar-refractivity contribution in [2.45, 2.75) is 4.90 Å². The van der Waals surface area contributed by atoms with Crippen molar-refractivity contribution in [3.63, 3.8) is 0 Å². The fourth-order valence-electron chi connectivity index (χ4n) is 0.903. The first kappa shape index (κ1) is 11.8. The predicted molar refractivity (Wildman–Crippen MR) is 54.8 cm³/mol. The van der Waals surface area contributed by atoms with E-state index in [-0.39, 0.29) is 15.7 Å². The molecule has 7 heteroatoms. The molecule has 1 amide bonds. The minimum Gasteiger partial charge on any atom is -0.409 e. The van der Waals surface area contributed by atoms with Crippen molar-refractivity contribution in [1.82, 2.24) is 0 Å². The van der Waals surface area contributed by atoms with Crippen LogP contribution in [0.2, 0.25) is 5.02 Å². The van der Waals surface area contributed by atoms with Crippen molar-refractivity contribution < 1.29 is 17.9 Å². The lowest BCUT2D eigenvalue weighted by Crippen LogP contribution is -2.16. The fourth-order valence-corrected chi connectivity index (χ4v) is 1.83. The molecule has 0 radical (unpaired) electrons. The van der Waals surface area contributed by atoms with Crippen LogP contribution in [0.25, 0.3) is 0 Å². The Morgan fingerprint density at radius 2 is 2.07 bits per heavy atom. The van der Waals surface area contributed by atoms with E-state index in [0.717, 1.165) is 6.26 Å². The smallest absolute Gasteiger partial charge is 0.409 e. The molecule has 0 spiro atoms. The van der Waals surface area contributed by atoms with Crippen LogP contribution in [0.3, 0.4) is 0 Å². The van der Waals surface area contributed by atoms with Crippen LogP contribution >= 0.6 is 11.6 Å². The highest BCUT2D eigenvalue weighted by molar-refractivity contribution is 7.90. The van der Waals surface area contributed by atoms with Crippen LogP contribution in [0.4, 0.5) is 4.79 Å². The van der Waals surface area contributed by atoms with Crippen LogP contribution in [-0.4, -0.2) is 20.8 Å². The highest BCUT2D eigenvalue weighted by Crippen LogP contribution is 2.27. The van der Waals surface area contributed by atoms with Crippen molar-refractivity contribution in [3.8, 4) is 5.75 Å². The SMILES string of the molecule is CS(=O)(=O)c1ccc(OC(N)=O)c(Cl)c1. The van der Waals surface area contributed by atoms with Crippen LogP contribution < -0.4 is 10.5 Å². The first-order valence-corrected chi connectivity index (χ1v) is 6.04. The maximum absolute atomic E-state index is 11.1. The lowest BCUT2D eigenvalue weighted by atomic mass is 10.3. The molecule has 1 aromatic rings. The van der Waals surface area contributed by atoms with E-state index in [9.17, 15) is 13.2 Å². The fraction of sp³-hybridized carbons (Fsp3) is 0.125. The van der Waals surface area contributed by atoms with E-state index >= 15 is 0 Å². The number of rotatable bonds is 2. The van der Waals surface area contributed by atoms with Crippen molar-refractivity contribution in [2.24, 2.45) is 5.73 Å². The Kier molecular flexibility index (Phi) is 3.21. The van der Waals surface area contributed by atoms with Crippen molar-refractivity contribution in [2.75, 3.05) is 6.26 Å². The highest BCUT2D eigenvalue weighted by atomic mass is 35.5. The molecule has 82 valence electrons. The van der Waals surface area contributed by atoms with Crippen LogP contribution in [-0.2, 0) is 9.84 Å². The number of hydrogen-bond acceptors (Lipinski definition) is 4. The second kappa shape index (κ2) is 4.08. The van der Waals surface area contributed by atoms with E-state index in [4.69, 9.17) is 17.3 Å². The molecule has 1 aromatic carbocycles. The van der Waals surface area contributed by atoms with E-state index in [0.29, 0.717) is 0 Å². The van der Waals surface area contributed by atoms with Crippen LogP contribution in [0.5, 0.6) is 5.75 Å². The minimum atomic E-state index is -3.33. The molecule has 0 saturated heterocycles. The van der Waals surface area contributed by atoms with Crippen molar-refractivity contribution in [1.29, 1.82) is 0 Å². The molecule has 0 bridgehead atoms. The van der Waals surface area contributed by atoms with Gasteiger partial charge in [-0.15, -0.1) is 0 Å².